The average Bonchev–Trinajstić information content (AvgIpc) is 2.84. The molecule has 0 aliphatic carbocycles. The molecule has 0 unspecified atom stereocenters. The molecule has 1 aliphatic rings. The van der Waals surface area contributed by atoms with Gasteiger partial charge in [-0.3, -0.25) is 14.4 Å². The quantitative estimate of drug-likeness (QED) is 0.525. The van der Waals surface area contributed by atoms with Crippen LogP contribution in [0.15, 0.2) is 35.3 Å². The monoisotopic (exact) mass is 472 g/mol. The number of nitrogens with zero attached hydrogens (tertiary/aromatic N) is 3. The molecule has 178 valence electrons. The summed E-state index contributed by atoms with van der Waals surface area (Å²) in [5, 5.41) is -0.208. The Hall–Kier alpha value is -3.73. The normalized spacial score (nSPS) is 14.4. The summed E-state index contributed by atoms with van der Waals surface area (Å²) in [6, 6.07) is 4.85. The number of amides is 1. The average molecular weight is 472 g/mol. The Labute approximate surface area is 192 Å². The maximum atomic E-state index is 13.9. The number of aromatic amines is 1. The molecule has 1 saturated heterocycles. The summed E-state index contributed by atoms with van der Waals surface area (Å²) in [6.07, 6.45) is 2.53. The molecule has 2 aromatic heterocycles. The number of methoxy groups -OCH3 is 1. The van der Waals surface area contributed by atoms with E-state index in [9.17, 15) is 23.2 Å². The van der Waals surface area contributed by atoms with E-state index in [1.807, 2.05) is 0 Å². The SMILES string of the molecule is COc1ccc(C(=O)C2CCN(C(=O)COCc3nc4c(F)cc(F)cc4c(=O)[nH]3)CC2)cn1. The van der Waals surface area contributed by atoms with Crippen molar-refractivity contribution in [3.8, 4) is 5.88 Å². The van der Waals surface area contributed by atoms with Gasteiger partial charge in [0.25, 0.3) is 5.56 Å². The molecule has 9 nitrogen and oxygen atoms in total. The Bertz CT molecular complexity index is 1270. The van der Waals surface area contributed by atoms with Gasteiger partial charge in [-0.05, 0) is 25.0 Å². The fourth-order valence-corrected chi connectivity index (χ4v) is 3.88. The molecule has 11 heteroatoms. The Morgan fingerprint density at radius 2 is 1.97 bits per heavy atom. The van der Waals surface area contributed by atoms with Crippen LogP contribution >= 0.6 is 0 Å². The molecule has 0 atom stereocenters. The van der Waals surface area contributed by atoms with Crippen molar-refractivity contribution < 1.29 is 27.8 Å². The highest BCUT2D eigenvalue weighted by Gasteiger charge is 2.28. The van der Waals surface area contributed by atoms with Crippen molar-refractivity contribution in [2.24, 2.45) is 5.92 Å². The number of Topliss-reactive ketones (excluding diaryl/α,β-unsaturated/α-hetero) is 1. The second-order valence-corrected chi connectivity index (χ2v) is 7.90. The van der Waals surface area contributed by atoms with Crippen molar-refractivity contribution in [1.29, 1.82) is 0 Å². The van der Waals surface area contributed by atoms with Crippen LogP contribution in [0.3, 0.4) is 0 Å². The molecule has 1 fully saturated rings. The topological polar surface area (TPSA) is 114 Å². The van der Waals surface area contributed by atoms with E-state index < -0.39 is 17.2 Å². The number of piperidine rings is 1. The number of rotatable bonds is 7. The van der Waals surface area contributed by atoms with E-state index in [1.165, 1.54) is 13.3 Å². The summed E-state index contributed by atoms with van der Waals surface area (Å²) >= 11 is 0. The number of halogens is 2. The third-order valence-electron chi connectivity index (χ3n) is 5.69. The van der Waals surface area contributed by atoms with Crippen LogP contribution < -0.4 is 10.3 Å². The first-order valence-electron chi connectivity index (χ1n) is 10.6. The van der Waals surface area contributed by atoms with E-state index in [0.29, 0.717) is 43.4 Å². The van der Waals surface area contributed by atoms with E-state index in [-0.39, 0.29) is 47.5 Å². The number of hydrogen-bond donors (Lipinski definition) is 1. The van der Waals surface area contributed by atoms with Crippen molar-refractivity contribution in [2.75, 3.05) is 26.8 Å². The number of fused-ring (bicyclic) bond motifs is 1. The molecule has 0 bridgehead atoms. The molecule has 1 aromatic carbocycles. The van der Waals surface area contributed by atoms with Gasteiger partial charge in [0.05, 0.1) is 12.5 Å². The number of aromatic nitrogens is 3. The number of benzene rings is 1. The fourth-order valence-electron chi connectivity index (χ4n) is 3.88. The van der Waals surface area contributed by atoms with Gasteiger partial charge in [-0.15, -0.1) is 0 Å². The third-order valence-corrected chi connectivity index (χ3v) is 5.69. The molecule has 1 aliphatic heterocycles. The van der Waals surface area contributed by atoms with Crippen molar-refractivity contribution in [3.63, 3.8) is 0 Å². The van der Waals surface area contributed by atoms with Crippen LogP contribution in [-0.2, 0) is 16.1 Å². The lowest BCUT2D eigenvalue weighted by molar-refractivity contribution is -0.137. The zero-order valence-corrected chi connectivity index (χ0v) is 18.3. The van der Waals surface area contributed by atoms with E-state index in [1.54, 1.807) is 17.0 Å². The van der Waals surface area contributed by atoms with Gasteiger partial charge >= 0.3 is 0 Å². The van der Waals surface area contributed by atoms with Gasteiger partial charge in [0.15, 0.2) is 11.6 Å². The number of hydrogen-bond acceptors (Lipinski definition) is 7. The van der Waals surface area contributed by atoms with Gasteiger partial charge in [-0.2, -0.15) is 0 Å². The van der Waals surface area contributed by atoms with Crippen molar-refractivity contribution >= 4 is 22.6 Å². The fraction of sp³-hybridized carbons (Fsp3) is 0.348. The molecule has 34 heavy (non-hydrogen) atoms. The molecule has 3 heterocycles. The molecule has 0 saturated carbocycles. The second kappa shape index (κ2) is 10.0. The first-order valence-corrected chi connectivity index (χ1v) is 10.6. The predicted octanol–water partition coefficient (Wildman–Crippen LogP) is 2.24. The summed E-state index contributed by atoms with van der Waals surface area (Å²) in [7, 11) is 1.50. The Morgan fingerprint density at radius 1 is 1.21 bits per heavy atom. The summed E-state index contributed by atoms with van der Waals surface area (Å²) in [4.78, 5) is 49.2. The number of ether oxygens (including phenoxy) is 2. The largest absolute Gasteiger partial charge is 0.481 e. The Balaban J connectivity index is 1.28. The van der Waals surface area contributed by atoms with Crippen molar-refractivity contribution in [2.45, 2.75) is 19.4 Å². The third kappa shape index (κ3) is 5.09. The van der Waals surface area contributed by atoms with Gasteiger partial charge in [-0.25, -0.2) is 18.7 Å². The zero-order valence-electron chi connectivity index (χ0n) is 18.3. The van der Waals surface area contributed by atoms with Crippen LogP contribution in [0.5, 0.6) is 5.88 Å². The highest BCUT2D eigenvalue weighted by molar-refractivity contribution is 5.97. The van der Waals surface area contributed by atoms with Crippen LogP contribution in [0.1, 0.15) is 29.0 Å². The van der Waals surface area contributed by atoms with Gasteiger partial charge in [0, 0.05) is 42.9 Å². The first-order chi connectivity index (χ1) is 16.4. The lowest BCUT2D eigenvalue weighted by atomic mass is 9.89. The van der Waals surface area contributed by atoms with Gasteiger partial charge < -0.3 is 19.4 Å². The number of likely N-dealkylation sites (tertiary alicyclic amines) is 1. The molecule has 1 amide bonds. The minimum Gasteiger partial charge on any atom is -0.481 e. The Morgan fingerprint density at radius 3 is 2.65 bits per heavy atom. The molecular formula is C23H22F2N4O5. The minimum atomic E-state index is -0.957. The van der Waals surface area contributed by atoms with Crippen LogP contribution in [0.4, 0.5) is 8.78 Å². The molecular weight excluding hydrogens is 450 g/mol. The maximum Gasteiger partial charge on any atom is 0.259 e. The molecule has 0 radical (unpaired) electrons. The van der Waals surface area contributed by atoms with E-state index in [0.717, 1.165) is 6.07 Å². The van der Waals surface area contributed by atoms with Crippen molar-refractivity contribution in [1.82, 2.24) is 19.9 Å². The highest BCUT2D eigenvalue weighted by atomic mass is 19.1. The lowest BCUT2D eigenvalue weighted by Gasteiger charge is -2.31. The zero-order chi connectivity index (χ0) is 24.2. The summed E-state index contributed by atoms with van der Waals surface area (Å²) in [5.41, 5.74) is -0.467. The number of pyridine rings is 1. The lowest BCUT2D eigenvalue weighted by Crippen LogP contribution is -2.42. The second-order valence-electron chi connectivity index (χ2n) is 7.90. The molecule has 3 aromatic rings. The first kappa shape index (κ1) is 23.4. The number of carbonyl (C=O) groups excluding carboxylic acids is 2. The minimum absolute atomic E-state index is 0.0167. The van der Waals surface area contributed by atoms with Crippen LogP contribution in [-0.4, -0.2) is 58.3 Å². The molecule has 4 rings (SSSR count). The smallest absolute Gasteiger partial charge is 0.259 e. The van der Waals surface area contributed by atoms with E-state index in [4.69, 9.17) is 9.47 Å². The summed E-state index contributed by atoms with van der Waals surface area (Å²) in [6.45, 7) is 0.315. The maximum absolute atomic E-state index is 13.9. The van der Waals surface area contributed by atoms with Crippen LogP contribution in [0, 0.1) is 17.6 Å². The highest BCUT2D eigenvalue weighted by Crippen LogP contribution is 2.22. The van der Waals surface area contributed by atoms with E-state index in [2.05, 4.69) is 15.0 Å². The number of carbonyl (C=O) groups is 2. The predicted molar refractivity (Wildman–Crippen MR) is 116 cm³/mol. The number of H-pyrrole nitrogens is 1. The van der Waals surface area contributed by atoms with Crippen LogP contribution in [0.25, 0.3) is 10.9 Å². The van der Waals surface area contributed by atoms with Gasteiger partial charge in [0.1, 0.15) is 30.4 Å². The summed E-state index contributed by atoms with van der Waals surface area (Å²) < 4.78 is 37.6. The van der Waals surface area contributed by atoms with Gasteiger partial charge in [-0.1, -0.05) is 0 Å². The summed E-state index contributed by atoms with van der Waals surface area (Å²) in [5.74, 6) is -1.87. The standard InChI is InChI=1S/C23H22F2N4O5/c1-33-19-3-2-14(10-26-19)22(31)13-4-6-29(7-5-13)20(30)12-34-11-18-27-21-16(23(32)28-18)8-15(24)9-17(21)25/h2-3,8-10,13H,4-7,11-12H2,1H3,(H,27,28,32). The Kier molecular flexibility index (Phi) is 6.92. The number of nitrogens with one attached hydrogen (secondary N) is 1. The molecule has 0 spiro atoms. The van der Waals surface area contributed by atoms with Gasteiger partial charge in [0.2, 0.25) is 11.8 Å². The van der Waals surface area contributed by atoms with Crippen LogP contribution in [0.2, 0.25) is 0 Å². The van der Waals surface area contributed by atoms with E-state index >= 15 is 0 Å². The molecule has 1 N–H and O–H groups in total. The number of ketones is 1. The van der Waals surface area contributed by atoms with Crippen molar-refractivity contribution in [3.05, 3.63) is 63.8 Å².